The molecule has 1 rings (SSSR count). The Labute approximate surface area is 108 Å². The third-order valence-corrected chi connectivity index (χ3v) is 2.84. The number of carbonyl (C=O) groups is 1. The maximum atomic E-state index is 10.6. The third kappa shape index (κ3) is 3.92. The van der Waals surface area contributed by atoms with Gasteiger partial charge in [-0.2, -0.15) is 0 Å². The molecule has 5 heteroatoms. The predicted octanol–water partition coefficient (Wildman–Crippen LogP) is 1.36. The summed E-state index contributed by atoms with van der Waals surface area (Å²) >= 11 is 0. The van der Waals surface area contributed by atoms with E-state index < -0.39 is 12.0 Å². The molecular formula is C13H21N3O2. The van der Waals surface area contributed by atoms with Gasteiger partial charge < -0.3 is 21.1 Å². The number of hydrogen-bond acceptors (Lipinski definition) is 4. The Balaban J connectivity index is 2.57. The zero-order valence-corrected chi connectivity index (χ0v) is 10.9. The maximum absolute atomic E-state index is 10.6. The van der Waals surface area contributed by atoms with E-state index in [-0.39, 0.29) is 6.54 Å². The van der Waals surface area contributed by atoms with Crippen LogP contribution in [0.4, 0.5) is 11.4 Å². The standard InChI is InChI=1S/C13H21N3O2/c1-3-16(4-2)11-7-5-10(6-8-11)15-9-12(14)13(17)18/h5-8,12,15H,3-4,9,14H2,1-2H3,(H,17,18). The molecule has 4 N–H and O–H groups in total. The lowest BCUT2D eigenvalue weighted by molar-refractivity contribution is -0.138. The van der Waals surface area contributed by atoms with Gasteiger partial charge in [-0.05, 0) is 38.1 Å². The molecule has 0 bridgehead atoms. The summed E-state index contributed by atoms with van der Waals surface area (Å²) in [5, 5.41) is 11.7. The Morgan fingerprint density at radius 2 is 1.89 bits per heavy atom. The Bertz CT molecular complexity index is 374. The van der Waals surface area contributed by atoms with Gasteiger partial charge in [0.25, 0.3) is 0 Å². The number of benzene rings is 1. The molecule has 0 aliphatic carbocycles. The Kier molecular flexibility index (Phi) is 5.45. The lowest BCUT2D eigenvalue weighted by atomic mass is 10.2. The van der Waals surface area contributed by atoms with Crippen molar-refractivity contribution in [2.75, 3.05) is 29.9 Å². The van der Waals surface area contributed by atoms with Crippen LogP contribution >= 0.6 is 0 Å². The first-order valence-corrected chi connectivity index (χ1v) is 6.15. The number of anilines is 2. The van der Waals surface area contributed by atoms with Gasteiger partial charge in [-0.1, -0.05) is 0 Å². The number of carboxylic acids is 1. The minimum Gasteiger partial charge on any atom is -0.480 e. The SMILES string of the molecule is CCN(CC)c1ccc(NCC(N)C(=O)O)cc1. The van der Waals surface area contributed by atoms with Gasteiger partial charge >= 0.3 is 5.97 Å². The monoisotopic (exact) mass is 251 g/mol. The molecule has 0 radical (unpaired) electrons. The van der Waals surface area contributed by atoms with Gasteiger partial charge in [0, 0.05) is 31.0 Å². The fraction of sp³-hybridized carbons (Fsp3) is 0.462. The van der Waals surface area contributed by atoms with E-state index in [1.54, 1.807) is 0 Å². The van der Waals surface area contributed by atoms with Crippen molar-refractivity contribution in [1.29, 1.82) is 0 Å². The predicted molar refractivity (Wildman–Crippen MR) is 74.1 cm³/mol. The molecule has 0 heterocycles. The van der Waals surface area contributed by atoms with Crippen LogP contribution in [0.1, 0.15) is 13.8 Å². The molecule has 0 amide bonds. The molecule has 18 heavy (non-hydrogen) atoms. The number of aliphatic carboxylic acids is 1. The molecule has 0 aromatic heterocycles. The number of hydrogen-bond donors (Lipinski definition) is 3. The van der Waals surface area contributed by atoms with Crippen molar-refractivity contribution in [2.45, 2.75) is 19.9 Å². The van der Waals surface area contributed by atoms with Crippen LogP contribution in [-0.2, 0) is 4.79 Å². The van der Waals surface area contributed by atoms with Crippen LogP contribution in [0.15, 0.2) is 24.3 Å². The van der Waals surface area contributed by atoms with Gasteiger partial charge in [0.15, 0.2) is 0 Å². The molecule has 0 saturated carbocycles. The van der Waals surface area contributed by atoms with E-state index in [0.717, 1.165) is 24.5 Å². The van der Waals surface area contributed by atoms with Crippen LogP contribution in [0.2, 0.25) is 0 Å². The van der Waals surface area contributed by atoms with Crippen molar-refractivity contribution < 1.29 is 9.90 Å². The van der Waals surface area contributed by atoms with Crippen molar-refractivity contribution in [3.8, 4) is 0 Å². The molecule has 0 spiro atoms. The Morgan fingerprint density at radius 1 is 1.33 bits per heavy atom. The molecule has 0 saturated heterocycles. The van der Waals surface area contributed by atoms with E-state index in [1.165, 1.54) is 0 Å². The molecule has 1 atom stereocenters. The highest BCUT2D eigenvalue weighted by Crippen LogP contribution is 2.17. The first-order valence-electron chi connectivity index (χ1n) is 6.15. The van der Waals surface area contributed by atoms with E-state index in [0.29, 0.717) is 0 Å². The highest BCUT2D eigenvalue weighted by Gasteiger charge is 2.10. The maximum Gasteiger partial charge on any atom is 0.322 e. The molecule has 1 unspecified atom stereocenters. The number of nitrogens with zero attached hydrogens (tertiary/aromatic N) is 1. The van der Waals surface area contributed by atoms with Crippen molar-refractivity contribution in [3.05, 3.63) is 24.3 Å². The van der Waals surface area contributed by atoms with E-state index in [1.807, 2.05) is 24.3 Å². The second-order valence-electron chi connectivity index (χ2n) is 4.04. The summed E-state index contributed by atoms with van der Waals surface area (Å²) in [4.78, 5) is 12.8. The van der Waals surface area contributed by atoms with Gasteiger partial charge in [0.2, 0.25) is 0 Å². The van der Waals surface area contributed by atoms with Crippen LogP contribution in [0, 0.1) is 0 Å². The summed E-state index contributed by atoms with van der Waals surface area (Å²) in [6.07, 6.45) is 0. The van der Waals surface area contributed by atoms with Gasteiger partial charge in [-0.3, -0.25) is 4.79 Å². The first kappa shape index (κ1) is 14.3. The minimum absolute atomic E-state index is 0.222. The van der Waals surface area contributed by atoms with Gasteiger partial charge in [-0.25, -0.2) is 0 Å². The average molecular weight is 251 g/mol. The largest absolute Gasteiger partial charge is 0.480 e. The topological polar surface area (TPSA) is 78.6 Å². The highest BCUT2D eigenvalue weighted by molar-refractivity contribution is 5.74. The normalized spacial score (nSPS) is 11.9. The molecule has 0 fully saturated rings. The van der Waals surface area contributed by atoms with Crippen LogP contribution in [-0.4, -0.2) is 36.8 Å². The van der Waals surface area contributed by atoms with E-state index in [2.05, 4.69) is 24.1 Å². The number of rotatable bonds is 7. The fourth-order valence-corrected chi connectivity index (χ4v) is 1.69. The fourth-order valence-electron chi connectivity index (χ4n) is 1.69. The summed E-state index contributed by atoms with van der Waals surface area (Å²) in [5.41, 5.74) is 7.45. The van der Waals surface area contributed by atoms with Crippen molar-refractivity contribution in [1.82, 2.24) is 0 Å². The summed E-state index contributed by atoms with van der Waals surface area (Å²) in [7, 11) is 0. The summed E-state index contributed by atoms with van der Waals surface area (Å²) in [6, 6.07) is 7.01. The quantitative estimate of drug-likeness (QED) is 0.682. The highest BCUT2D eigenvalue weighted by atomic mass is 16.4. The second kappa shape index (κ2) is 6.86. The molecule has 5 nitrogen and oxygen atoms in total. The Morgan fingerprint density at radius 3 is 2.33 bits per heavy atom. The van der Waals surface area contributed by atoms with Crippen LogP contribution < -0.4 is 16.0 Å². The van der Waals surface area contributed by atoms with Crippen LogP contribution in [0.25, 0.3) is 0 Å². The summed E-state index contributed by atoms with van der Waals surface area (Å²) in [5.74, 6) is -0.998. The number of nitrogens with two attached hydrogens (primary N) is 1. The number of nitrogens with one attached hydrogen (secondary N) is 1. The van der Waals surface area contributed by atoms with Crippen molar-refractivity contribution >= 4 is 17.3 Å². The van der Waals surface area contributed by atoms with E-state index >= 15 is 0 Å². The minimum atomic E-state index is -0.998. The molecular weight excluding hydrogens is 230 g/mol. The average Bonchev–Trinajstić information content (AvgIpc) is 2.38. The van der Waals surface area contributed by atoms with Crippen LogP contribution in [0.5, 0.6) is 0 Å². The molecule has 100 valence electrons. The molecule has 0 aliphatic heterocycles. The van der Waals surface area contributed by atoms with Gasteiger partial charge in [-0.15, -0.1) is 0 Å². The van der Waals surface area contributed by atoms with Gasteiger partial charge in [0.1, 0.15) is 6.04 Å². The summed E-state index contributed by atoms with van der Waals surface area (Å²) in [6.45, 7) is 6.38. The molecule has 0 aliphatic rings. The first-order chi connectivity index (χ1) is 8.58. The lowest BCUT2D eigenvalue weighted by Gasteiger charge is -2.21. The van der Waals surface area contributed by atoms with Crippen LogP contribution in [0.3, 0.4) is 0 Å². The van der Waals surface area contributed by atoms with E-state index in [4.69, 9.17) is 10.8 Å². The third-order valence-electron chi connectivity index (χ3n) is 2.84. The second-order valence-corrected chi connectivity index (χ2v) is 4.04. The Hall–Kier alpha value is -1.75. The number of carboxylic acid groups (broad SMARTS) is 1. The molecule has 1 aromatic rings. The van der Waals surface area contributed by atoms with Crippen molar-refractivity contribution in [2.24, 2.45) is 5.73 Å². The lowest BCUT2D eigenvalue weighted by Crippen LogP contribution is -2.36. The summed E-state index contributed by atoms with van der Waals surface area (Å²) < 4.78 is 0. The van der Waals surface area contributed by atoms with E-state index in [9.17, 15) is 4.79 Å². The molecule has 1 aromatic carbocycles. The van der Waals surface area contributed by atoms with Crippen molar-refractivity contribution in [3.63, 3.8) is 0 Å². The zero-order chi connectivity index (χ0) is 13.5. The smallest absolute Gasteiger partial charge is 0.322 e. The van der Waals surface area contributed by atoms with Gasteiger partial charge in [0.05, 0.1) is 0 Å². The zero-order valence-electron chi connectivity index (χ0n) is 10.9.